The molecule has 0 N–H and O–H groups in total. The molecule has 124 valence electrons. The quantitative estimate of drug-likeness (QED) is 0.619. The molecule has 0 aliphatic heterocycles. The van der Waals surface area contributed by atoms with Crippen molar-refractivity contribution in [1.29, 1.82) is 0 Å². The summed E-state index contributed by atoms with van der Waals surface area (Å²) in [7, 11) is -3.21. The minimum Gasteiger partial charge on any atom is -0.224 e. The van der Waals surface area contributed by atoms with Gasteiger partial charge in [0.25, 0.3) is 0 Å². The standard InChI is InChI=1S/C19H23FO2S/c1-2-3-4-5-6-15-23(21,22)19-13-9-17(10-14-19)16-7-11-18(20)12-8-16/h7-14H,2-6,15H2,1H3. The zero-order valence-electron chi connectivity index (χ0n) is 13.5. The molecular formula is C19H23FO2S. The number of hydrogen-bond donors (Lipinski definition) is 0. The van der Waals surface area contributed by atoms with Gasteiger partial charge in [0.2, 0.25) is 0 Å². The largest absolute Gasteiger partial charge is 0.224 e. The van der Waals surface area contributed by atoms with Gasteiger partial charge in [-0.3, -0.25) is 0 Å². The summed E-state index contributed by atoms with van der Waals surface area (Å²) in [6.45, 7) is 2.14. The van der Waals surface area contributed by atoms with Gasteiger partial charge in [-0.2, -0.15) is 0 Å². The maximum absolute atomic E-state index is 12.9. The number of halogens is 1. The lowest BCUT2D eigenvalue weighted by Crippen LogP contribution is -2.06. The molecule has 0 aliphatic rings. The van der Waals surface area contributed by atoms with Crippen molar-refractivity contribution >= 4 is 9.84 Å². The molecule has 0 bridgehead atoms. The highest BCUT2D eigenvalue weighted by atomic mass is 32.2. The summed E-state index contributed by atoms with van der Waals surface area (Å²) in [5, 5.41) is 0. The Morgan fingerprint density at radius 3 is 1.87 bits per heavy atom. The van der Waals surface area contributed by atoms with Crippen LogP contribution in [-0.2, 0) is 9.84 Å². The van der Waals surface area contributed by atoms with Crippen LogP contribution in [0.15, 0.2) is 53.4 Å². The summed E-state index contributed by atoms with van der Waals surface area (Å²) >= 11 is 0. The second kappa shape index (κ2) is 8.25. The number of rotatable bonds is 8. The van der Waals surface area contributed by atoms with Gasteiger partial charge in [0.05, 0.1) is 10.6 Å². The number of unbranched alkanes of at least 4 members (excludes halogenated alkanes) is 4. The average molecular weight is 334 g/mol. The molecule has 0 radical (unpaired) electrons. The smallest absolute Gasteiger partial charge is 0.178 e. The summed E-state index contributed by atoms with van der Waals surface area (Å²) in [4.78, 5) is 0.360. The highest BCUT2D eigenvalue weighted by Crippen LogP contribution is 2.22. The highest BCUT2D eigenvalue weighted by Gasteiger charge is 2.13. The lowest BCUT2D eigenvalue weighted by Gasteiger charge is -2.06. The Hall–Kier alpha value is -1.68. The van der Waals surface area contributed by atoms with Crippen LogP contribution in [0.2, 0.25) is 0 Å². The fourth-order valence-corrected chi connectivity index (χ4v) is 3.88. The first-order valence-corrected chi connectivity index (χ1v) is 9.77. The minimum absolute atomic E-state index is 0.201. The molecule has 0 aromatic heterocycles. The third-order valence-electron chi connectivity index (χ3n) is 3.91. The van der Waals surface area contributed by atoms with Crippen LogP contribution in [0.4, 0.5) is 4.39 Å². The van der Waals surface area contributed by atoms with Crippen molar-refractivity contribution in [2.24, 2.45) is 0 Å². The van der Waals surface area contributed by atoms with Gasteiger partial charge in [0, 0.05) is 0 Å². The lowest BCUT2D eigenvalue weighted by atomic mass is 10.1. The molecule has 23 heavy (non-hydrogen) atoms. The molecule has 2 rings (SSSR count). The number of sulfone groups is 1. The third-order valence-corrected chi connectivity index (χ3v) is 5.72. The first-order chi connectivity index (χ1) is 11.0. The zero-order chi connectivity index (χ0) is 16.7. The predicted molar refractivity (Wildman–Crippen MR) is 92.6 cm³/mol. The van der Waals surface area contributed by atoms with Gasteiger partial charge in [0.1, 0.15) is 5.82 Å². The molecule has 2 nitrogen and oxygen atoms in total. The van der Waals surface area contributed by atoms with Crippen molar-refractivity contribution in [2.75, 3.05) is 5.75 Å². The van der Waals surface area contributed by atoms with Crippen LogP contribution in [0.1, 0.15) is 39.0 Å². The van der Waals surface area contributed by atoms with Crippen LogP contribution >= 0.6 is 0 Å². The lowest BCUT2D eigenvalue weighted by molar-refractivity contribution is 0.587. The maximum atomic E-state index is 12.9. The summed E-state index contributed by atoms with van der Waals surface area (Å²) in [5.41, 5.74) is 1.75. The molecule has 0 aliphatic carbocycles. The van der Waals surface area contributed by atoms with E-state index in [-0.39, 0.29) is 11.6 Å². The average Bonchev–Trinajstić information content (AvgIpc) is 2.55. The molecule has 0 atom stereocenters. The molecule has 2 aromatic carbocycles. The van der Waals surface area contributed by atoms with Crippen molar-refractivity contribution in [3.05, 3.63) is 54.3 Å². The van der Waals surface area contributed by atoms with Crippen LogP contribution in [-0.4, -0.2) is 14.2 Å². The van der Waals surface area contributed by atoms with E-state index in [9.17, 15) is 12.8 Å². The minimum atomic E-state index is -3.21. The molecule has 4 heteroatoms. The fraction of sp³-hybridized carbons (Fsp3) is 0.368. The van der Waals surface area contributed by atoms with Gasteiger partial charge in [-0.25, -0.2) is 12.8 Å². The number of hydrogen-bond acceptors (Lipinski definition) is 2. The molecule has 0 unspecified atom stereocenters. The Bertz CT molecular complexity index is 704. The van der Waals surface area contributed by atoms with E-state index in [1.807, 2.05) is 0 Å². The van der Waals surface area contributed by atoms with Crippen LogP contribution in [0.3, 0.4) is 0 Å². The predicted octanol–water partition coefficient (Wildman–Crippen LogP) is 5.24. The second-order valence-electron chi connectivity index (χ2n) is 5.76. The molecule has 2 aromatic rings. The Morgan fingerprint density at radius 2 is 1.30 bits per heavy atom. The van der Waals surface area contributed by atoms with Gasteiger partial charge < -0.3 is 0 Å². The molecular weight excluding hydrogens is 311 g/mol. The molecule has 0 heterocycles. The van der Waals surface area contributed by atoms with Gasteiger partial charge in [0.15, 0.2) is 9.84 Å². The SMILES string of the molecule is CCCCCCCS(=O)(=O)c1ccc(-c2ccc(F)cc2)cc1. The van der Waals surface area contributed by atoms with E-state index >= 15 is 0 Å². The monoisotopic (exact) mass is 334 g/mol. The topological polar surface area (TPSA) is 34.1 Å². The Labute approximate surface area is 138 Å². The van der Waals surface area contributed by atoms with Crippen LogP contribution in [0, 0.1) is 5.82 Å². The van der Waals surface area contributed by atoms with E-state index in [0.717, 1.165) is 36.8 Å². The third kappa shape index (κ3) is 5.17. The highest BCUT2D eigenvalue weighted by molar-refractivity contribution is 7.91. The van der Waals surface area contributed by atoms with E-state index < -0.39 is 9.84 Å². The van der Waals surface area contributed by atoms with E-state index in [2.05, 4.69) is 6.92 Å². The van der Waals surface area contributed by atoms with E-state index in [1.165, 1.54) is 12.1 Å². The Balaban J connectivity index is 2.02. The molecule has 0 amide bonds. The summed E-state index contributed by atoms with van der Waals surface area (Å²) in [6, 6.07) is 13.0. The number of benzene rings is 2. The van der Waals surface area contributed by atoms with Crippen molar-refractivity contribution in [1.82, 2.24) is 0 Å². The van der Waals surface area contributed by atoms with E-state index in [1.54, 1.807) is 36.4 Å². The van der Waals surface area contributed by atoms with Gasteiger partial charge in [-0.15, -0.1) is 0 Å². The van der Waals surface area contributed by atoms with Crippen molar-refractivity contribution in [2.45, 2.75) is 43.9 Å². The van der Waals surface area contributed by atoms with Crippen LogP contribution < -0.4 is 0 Å². The fourth-order valence-electron chi connectivity index (χ4n) is 2.51. The van der Waals surface area contributed by atoms with E-state index in [4.69, 9.17) is 0 Å². The van der Waals surface area contributed by atoms with Crippen molar-refractivity contribution in [3.63, 3.8) is 0 Å². The maximum Gasteiger partial charge on any atom is 0.178 e. The first-order valence-electron chi connectivity index (χ1n) is 8.11. The van der Waals surface area contributed by atoms with Crippen molar-refractivity contribution in [3.8, 4) is 11.1 Å². The van der Waals surface area contributed by atoms with Gasteiger partial charge >= 0.3 is 0 Å². The van der Waals surface area contributed by atoms with Crippen LogP contribution in [0.5, 0.6) is 0 Å². The summed E-state index contributed by atoms with van der Waals surface area (Å²) < 4.78 is 37.6. The summed E-state index contributed by atoms with van der Waals surface area (Å²) in [6.07, 6.45) is 5.07. The van der Waals surface area contributed by atoms with Crippen LogP contribution in [0.25, 0.3) is 11.1 Å². The van der Waals surface area contributed by atoms with Gasteiger partial charge in [-0.1, -0.05) is 56.9 Å². The van der Waals surface area contributed by atoms with Gasteiger partial charge in [-0.05, 0) is 41.8 Å². The zero-order valence-corrected chi connectivity index (χ0v) is 14.3. The normalized spacial score (nSPS) is 11.6. The second-order valence-corrected chi connectivity index (χ2v) is 7.87. The Kier molecular flexibility index (Phi) is 6.34. The first kappa shape index (κ1) is 17.7. The van der Waals surface area contributed by atoms with E-state index in [0.29, 0.717) is 11.3 Å². The molecule has 0 spiro atoms. The molecule has 0 saturated carbocycles. The Morgan fingerprint density at radius 1 is 0.783 bits per heavy atom. The molecule has 0 saturated heterocycles. The van der Waals surface area contributed by atoms with Crippen molar-refractivity contribution < 1.29 is 12.8 Å². The summed E-state index contributed by atoms with van der Waals surface area (Å²) in [5.74, 6) is -0.0805. The molecule has 0 fully saturated rings.